The molecule has 0 spiro atoms. The van der Waals surface area contributed by atoms with Crippen molar-refractivity contribution in [2.75, 3.05) is 20.6 Å². The Morgan fingerprint density at radius 2 is 2.05 bits per heavy atom. The molecule has 0 saturated carbocycles. The van der Waals surface area contributed by atoms with Crippen molar-refractivity contribution >= 4 is 21.8 Å². The summed E-state index contributed by atoms with van der Waals surface area (Å²) in [6.45, 7) is 4.69. The van der Waals surface area contributed by atoms with Gasteiger partial charge in [0, 0.05) is 17.1 Å². The van der Waals surface area contributed by atoms with Gasteiger partial charge in [-0.2, -0.15) is 0 Å². The highest BCUT2D eigenvalue weighted by Gasteiger charge is 2.18. The second-order valence-electron chi connectivity index (χ2n) is 5.11. The number of amides is 1. The maximum absolute atomic E-state index is 13.6. The Balaban J connectivity index is 2.69. The van der Waals surface area contributed by atoms with Crippen molar-refractivity contribution in [2.45, 2.75) is 19.9 Å². The van der Waals surface area contributed by atoms with E-state index in [9.17, 15) is 9.18 Å². The quantitative estimate of drug-likeness (QED) is 0.900. The normalized spacial score (nSPS) is 12.8. The Bertz CT molecular complexity index is 441. The second-order valence-corrected chi connectivity index (χ2v) is 6.02. The van der Waals surface area contributed by atoms with Crippen LogP contribution >= 0.6 is 15.9 Å². The van der Waals surface area contributed by atoms with E-state index >= 15 is 0 Å². The first-order valence-corrected chi connectivity index (χ1v) is 7.02. The zero-order chi connectivity index (χ0) is 14.6. The van der Waals surface area contributed by atoms with Gasteiger partial charge in [-0.05, 0) is 38.2 Å². The summed E-state index contributed by atoms with van der Waals surface area (Å²) in [6, 6.07) is 4.65. The van der Waals surface area contributed by atoms with Crippen molar-refractivity contribution in [3.05, 3.63) is 34.1 Å². The van der Waals surface area contributed by atoms with Crippen molar-refractivity contribution in [3.63, 3.8) is 0 Å². The number of likely N-dealkylation sites (N-methyl/N-ethyl adjacent to an activating group) is 1. The molecule has 3 nitrogen and oxygen atoms in total. The smallest absolute Gasteiger partial charge is 0.254 e. The summed E-state index contributed by atoms with van der Waals surface area (Å²) in [6.07, 6.45) is 0. The molecule has 0 aliphatic rings. The van der Waals surface area contributed by atoms with Gasteiger partial charge in [-0.3, -0.25) is 4.79 Å². The molecule has 0 heterocycles. The minimum atomic E-state index is -0.516. The molecule has 0 radical (unpaired) electrons. The third-order valence-electron chi connectivity index (χ3n) is 3.08. The van der Waals surface area contributed by atoms with Crippen molar-refractivity contribution in [1.82, 2.24) is 10.2 Å². The average Bonchev–Trinajstić information content (AvgIpc) is 2.27. The lowest BCUT2D eigenvalue weighted by atomic mass is 10.0. The Morgan fingerprint density at radius 1 is 1.42 bits per heavy atom. The highest BCUT2D eigenvalue weighted by atomic mass is 79.9. The van der Waals surface area contributed by atoms with E-state index < -0.39 is 5.82 Å². The van der Waals surface area contributed by atoms with Crippen LogP contribution in [0, 0.1) is 11.7 Å². The summed E-state index contributed by atoms with van der Waals surface area (Å²) in [7, 11) is 3.94. The third-order valence-corrected chi connectivity index (χ3v) is 3.57. The van der Waals surface area contributed by atoms with Crippen LogP contribution in [0.2, 0.25) is 0 Å². The SMILES string of the molecule is CC(C)C(CNC(=O)c1ccc(Br)cc1F)N(C)C. The number of benzene rings is 1. The molecule has 1 unspecified atom stereocenters. The molecular weight excluding hydrogens is 311 g/mol. The predicted molar refractivity (Wildman–Crippen MR) is 78.7 cm³/mol. The van der Waals surface area contributed by atoms with Gasteiger partial charge in [-0.15, -0.1) is 0 Å². The van der Waals surface area contributed by atoms with E-state index in [-0.39, 0.29) is 17.5 Å². The van der Waals surface area contributed by atoms with Gasteiger partial charge >= 0.3 is 0 Å². The number of nitrogens with one attached hydrogen (secondary N) is 1. The van der Waals surface area contributed by atoms with Crippen LogP contribution in [0.5, 0.6) is 0 Å². The summed E-state index contributed by atoms with van der Waals surface area (Å²) in [5, 5.41) is 2.79. The van der Waals surface area contributed by atoms with Gasteiger partial charge in [0.05, 0.1) is 5.56 Å². The Morgan fingerprint density at radius 3 is 2.53 bits per heavy atom. The second kappa shape index (κ2) is 7.01. The number of carbonyl (C=O) groups is 1. The standard InChI is InChI=1S/C14H20BrFN2O/c1-9(2)13(18(3)4)8-17-14(19)11-6-5-10(15)7-12(11)16/h5-7,9,13H,8H2,1-4H3,(H,17,19). The maximum atomic E-state index is 13.6. The molecule has 0 aromatic heterocycles. The van der Waals surface area contributed by atoms with Crippen molar-refractivity contribution in [3.8, 4) is 0 Å². The zero-order valence-electron chi connectivity index (χ0n) is 11.7. The van der Waals surface area contributed by atoms with Crippen LogP contribution < -0.4 is 5.32 Å². The van der Waals surface area contributed by atoms with Crippen molar-refractivity contribution in [1.29, 1.82) is 0 Å². The van der Waals surface area contributed by atoms with Gasteiger partial charge in [0.25, 0.3) is 5.91 Å². The lowest BCUT2D eigenvalue weighted by Gasteiger charge is -2.28. The van der Waals surface area contributed by atoms with Crippen molar-refractivity contribution in [2.24, 2.45) is 5.92 Å². The van der Waals surface area contributed by atoms with Crippen LogP contribution in [0.25, 0.3) is 0 Å². The van der Waals surface area contributed by atoms with Crippen LogP contribution in [0.4, 0.5) is 4.39 Å². The van der Waals surface area contributed by atoms with Crippen molar-refractivity contribution < 1.29 is 9.18 Å². The first-order chi connectivity index (χ1) is 8.82. The predicted octanol–water partition coefficient (Wildman–Crippen LogP) is 2.90. The maximum Gasteiger partial charge on any atom is 0.254 e. The first kappa shape index (κ1) is 16.1. The molecule has 1 amide bonds. The number of rotatable bonds is 5. The van der Waals surface area contributed by atoms with Gasteiger partial charge in [0.15, 0.2) is 0 Å². The van der Waals surface area contributed by atoms with Gasteiger partial charge in [-0.1, -0.05) is 29.8 Å². The number of carbonyl (C=O) groups excluding carboxylic acids is 1. The lowest BCUT2D eigenvalue weighted by molar-refractivity contribution is 0.0930. The fraction of sp³-hybridized carbons (Fsp3) is 0.500. The van der Waals surface area contributed by atoms with Gasteiger partial charge in [-0.25, -0.2) is 4.39 Å². The summed E-state index contributed by atoms with van der Waals surface area (Å²) in [4.78, 5) is 14.0. The molecule has 1 N–H and O–H groups in total. The van der Waals surface area contributed by atoms with E-state index in [0.717, 1.165) is 0 Å². The largest absolute Gasteiger partial charge is 0.350 e. The topological polar surface area (TPSA) is 32.3 Å². The molecule has 0 aliphatic carbocycles. The van der Waals surface area contributed by atoms with E-state index in [1.54, 1.807) is 6.07 Å². The van der Waals surface area contributed by atoms with E-state index in [2.05, 4.69) is 40.0 Å². The monoisotopic (exact) mass is 330 g/mol. The molecule has 1 aromatic rings. The molecule has 1 rings (SSSR count). The van der Waals surface area contributed by atoms with Crippen LogP contribution in [-0.4, -0.2) is 37.5 Å². The molecule has 0 aliphatic heterocycles. The van der Waals surface area contributed by atoms with Crippen LogP contribution in [0.15, 0.2) is 22.7 Å². The molecule has 0 bridgehead atoms. The molecular formula is C14H20BrFN2O. The molecule has 0 fully saturated rings. The highest BCUT2D eigenvalue weighted by molar-refractivity contribution is 9.10. The molecule has 0 saturated heterocycles. The van der Waals surface area contributed by atoms with E-state index in [0.29, 0.717) is 16.9 Å². The Labute approximate surface area is 122 Å². The van der Waals surface area contributed by atoms with Crippen LogP contribution in [0.1, 0.15) is 24.2 Å². The Hall–Kier alpha value is -0.940. The van der Waals surface area contributed by atoms with Gasteiger partial charge in [0.2, 0.25) is 0 Å². The summed E-state index contributed by atoms with van der Waals surface area (Å²) in [5.74, 6) is -0.486. The number of hydrogen-bond acceptors (Lipinski definition) is 2. The molecule has 19 heavy (non-hydrogen) atoms. The Kier molecular flexibility index (Phi) is 5.94. The first-order valence-electron chi connectivity index (χ1n) is 6.22. The van der Waals surface area contributed by atoms with Crippen LogP contribution in [-0.2, 0) is 0 Å². The summed E-state index contributed by atoms with van der Waals surface area (Å²) in [5.41, 5.74) is 0.0736. The average molecular weight is 331 g/mol. The molecule has 1 aromatic carbocycles. The number of hydrogen-bond donors (Lipinski definition) is 1. The minimum Gasteiger partial charge on any atom is -0.350 e. The molecule has 1 atom stereocenters. The van der Waals surface area contributed by atoms with E-state index in [1.807, 2.05) is 14.1 Å². The highest BCUT2D eigenvalue weighted by Crippen LogP contribution is 2.15. The zero-order valence-corrected chi connectivity index (χ0v) is 13.3. The lowest BCUT2D eigenvalue weighted by Crippen LogP contribution is -2.43. The minimum absolute atomic E-state index is 0.0736. The molecule has 106 valence electrons. The summed E-state index contributed by atoms with van der Waals surface area (Å²) < 4.78 is 14.3. The van der Waals surface area contributed by atoms with E-state index in [4.69, 9.17) is 0 Å². The fourth-order valence-electron chi connectivity index (χ4n) is 1.98. The molecule has 5 heteroatoms. The number of nitrogens with zero attached hydrogens (tertiary/aromatic N) is 1. The van der Waals surface area contributed by atoms with Gasteiger partial charge < -0.3 is 10.2 Å². The van der Waals surface area contributed by atoms with Gasteiger partial charge in [0.1, 0.15) is 5.82 Å². The van der Waals surface area contributed by atoms with Crippen LogP contribution in [0.3, 0.4) is 0 Å². The third kappa shape index (κ3) is 4.58. The fourth-order valence-corrected chi connectivity index (χ4v) is 2.31. The van der Waals surface area contributed by atoms with E-state index in [1.165, 1.54) is 12.1 Å². The summed E-state index contributed by atoms with van der Waals surface area (Å²) >= 11 is 3.17. The number of halogens is 2.